The summed E-state index contributed by atoms with van der Waals surface area (Å²) < 4.78 is 10.5. The van der Waals surface area contributed by atoms with Gasteiger partial charge < -0.3 is 14.5 Å². The molecule has 0 saturated heterocycles. The average molecular weight is 460 g/mol. The number of hydrogen-bond donors (Lipinski definition) is 1. The van der Waals surface area contributed by atoms with Crippen LogP contribution in [0.1, 0.15) is 34.6 Å². The summed E-state index contributed by atoms with van der Waals surface area (Å²) in [6, 6.07) is 8.40. The van der Waals surface area contributed by atoms with E-state index in [1.54, 1.807) is 31.2 Å². The van der Waals surface area contributed by atoms with Crippen LogP contribution in [-0.4, -0.2) is 44.4 Å². The van der Waals surface area contributed by atoms with Crippen LogP contribution < -0.4 is 5.32 Å². The third-order valence-corrected chi connectivity index (χ3v) is 5.39. The van der Waals surface area contributed by atoms with Gasteiger partial charge in [-0.2, -0.15) is 0 Å². The number of rotatable bonds is 9. The second-order valence-electron chi connectivity index (χ2n) is 6.32. The lowest BCUT2D eigenvalue weighted by molar-refractivity contribution is -0.113. The summed E-state index contributed by atoms with van der Waals surface area (Å²) >= 11 is 2.55. The van der Waals surface area contributed by atoms with Crippen molar-refractivity contribution in [2.45, 2.75) is 36.9 Å². The maximum absolute atomic E-state index is 12.2. The number of ether oxygens (including phenoxy) is 1. The number of benzene rings is 1. The van der Waals surface area contributed by atoms with Crippen LogP contribution >= 0.6 is 23.5 Å². The van der Waals surface area contributed by atoms with Crippen LogP contribution in [0.3, 0.4) is 0 Å². The molecular weight excluding hydrogens is 438 g/mol. The summed E-state index contributed by atoms with van der Waals surface area (Å²) in [6.07, 6.45) is 0. The van der Waals surface area contributed by atoms with E-state index in [1.165, 1.54) is 11.8 Å². The summed E-state index contributed by atoms with van der Waals surface area (Å²) in [5, 5.41) is 11.7. The Hall–Kier alpha value is -2.92. The normalized spacial score (nSPS) is 10.7. The number of carbonyl (C=O) groups is 2. The SMILES string of the molecule is CCOC(=O)c1ccc(NC(=O)CSc2nnc(CSc3nc(C)cc(C)n3)o2)cc1. The van der Waals surface area contributed by atoms with E-state index in [4.69, 9.17) is 9.15 Å². The van der Waals surface area contributed by atoms with Gasteiger partial charge in [0.2, 0.25) is 11.8 Å². The van der Waals surface area contributed by atoms with E-state index in [0.29, 0.717) is 39.9 Å². The molecule has 1 aromatic carbocycles. The van der Waals surface area contributed by atoms with Crippen molar-refractivity contribution in [1.29, 1.82) is 0 Å². The standard InChI is InChI=1S/C20H21N5O4S2/c1-4-28-18(27)14-5-7-15(8-6-14)23-16(26)10-31-20-25-24-17(29-20)11-30-19-21-12(2)9-13(3)22-19/h5-9H,4,10-11H2,1-3H3,(H,23,26). The fourth-order valence-corrected chi connectivity index (χ4v) is 3.83. The number of nitrogens with one attached hydrogen (secondary N) is 1. The van der Waals surface area contributed by atoms with Crippen molar-refractivity contribution >= 4 is 41.1 Å². The van der Waals surface area contributed by atoms with Crippen molar-refractivity contribution in [3.05, 3.63) is 53.2 Å². The van der Waals surface area contributed by atoms with Gasteiger partial charge in [0.25, 0.3) is 5.22 Å². The molecule has 1 N–H and O–H groups in total. The molecule has 0 aliphatic heterocycles. The van der Waals surface area contributed by atoms with Crippen LogP contribution in [0.2, 0.25) is 0 Å². The lowest BCUT2D eigenvalue weighted by Crippen LogP contribution is -2.14. The van der Waals surface area contributed by atoms with Crippen LogP contribution in [0.25, 0.3) is 0 Å². The zero-order valence-corrected chi connectivity index (χ0v) is 18.9. The Labute approximate surface area is 187 Å². The Balaban J connectivity index is 1.45. The maximum Gasteiger partial charge on any atom is 0.338 e. The van der Waals surface area contributed by atoms with Crippen molar-refractivity contribution in [2.24, 2.45) is 0 Å². The molecule has 0 bridgehead atoms. The Bertz CT molecular complexity index is 1040. The fourth-order valence-electron chi connectivity index (χ4n) is 2.47. The van der Waals surface area contributed by atoms with Crippen molar-refractivity contribution in [3.63, 3.8) is 0 Å². The van der Waals surface area contributed by atoms with Crippen LogP contribution in [0.4, 0.5) is 5.69 Å². The molecule has 0 saturated carbocycles. The molecule has 0 aliphatic carbocycles. The number of anilines is 1. The highest BCUT2D eigenvalue weighted by Gasteiger charge is 2.12. The lowest BCUT2D eigenvalue weighted by Gasteiger charge is -2.05. The molecule has 11 heteroatoms. The Morgan fingerprint density at radius 2 is 1.77 bits per heavy atom. The number of thioether (sulfide) groups is 2. The summed E-state index contributed by atoms with van der Waals surface area (Å²) in [7, 11) is 0. The molecule has 0 atom stereocenters. The molecule has 1 amide bonds. The van der Waals surface area contributed by atoms with Crippen LogP contribution in [-0.2, 0) is 15.3 Å². The Morgan fingerprint density at radius 3 is 2.45 bits per heavy atom. The number of hydrogen-bond acceptors (Lipinski definition) is 10. The summed E-state index contributed by atoms with van der Waals surface area (Å²) in [4.78, 5) is 32.5. The summed E-state index contributed by atoms with van der Waals surface area (Å²) in [5.41, 5.74) is 2.81. The fraction of sp³-hybridized carbons (Fsp3) is 0.300. The molecule has 0 spiro atoms. The van der Waals surface area contributed by atoms with E-state index in [9.17, 15) is 9.59 Å². The maximum atomic E-state index is 12.2. The first-order valence-electron chi connectivity index (χ1n) is 9.40. The molecule has 2 aromatic heterocycles. The highest BCUT2D eigenvalue weighted by Crippen LogP contribution is 2.22. The van der Waals surface area contributed by atoms with Gasteiger partial charge in [-0.05, 0) is 51.1 Å². The molecule has 2 heterocycles. The molecule has 0 unspecified atom stereocenters. The number of carbonyl (C=O) groups excluding carboxylic acids is 2. The summed E-state index contributed by atoms with van der Waals surface area (Å²) in [6.45, 7) is 5.89. The predicted molar refractivity (Wildman–Crippen MR) is 117 cm³/mol. The van der Waals surface area contributed by atoms with E-state index >= 15 is 0 Å². The molecule has 0 fully saturated rings. The van der Waals surface area contributed by atoms with Gasteiger partial charge in [-0.25, -0.2) is 14.8 Å². The largest absolute Gasteiger partial charge is 0.462 e. The van der Waals surface area contributed by atoms with E-state index in [2.05, 4.69) is 25.5 Å². The topological polar surface area (TPSA) is 120 Å². The first-order valence-corrected chi connectivity index (χ1v) is 11.4. The zero-order valence-electron chi connectivity index (χ0n) is 17.2. The van der Waals surface area contributed by atoms with Crippen LogP contribution in [0, 0.1) is 13.8 Å². The monoisotopic (exact) mass is 459 g/mol. The number of amides is 1. The van der Waals surface area contributed by atoms with Crippen molar-refractivity contribution in [1.82, 2.24) is 20.2 Å². The minimum absolute atomic E-state index is 0.106. The van der Waals surface area contributed by atoms with Gasteiger partial charge in [-0.1, -0.05) is 23.5 Å². The van der Waals surface area contributed by atoms with Crippen molar-refractivity contribution < 1.29 is 18.7 Å². The Morgan fingerprint density at radius 1 is 1.06 bits per heavy atom. The van der Waals surface area contributed by atoms with Gasteiger partial charge in [0, 0.05) is 17.1 Å². The number of aryl methyl sites for hydroxylation is 2. The molecule has 0 aliphatic rings. The van der Waals surface area contributed by atoms with Crippen molar-refractivity contribution in [2.75, 3.05) is 17.7 Å². The predicted octanol–water partition coefficient (Wildman–Crippen LogP) is 3.68. The zero-order chi connectivity index (χ0) is 22.2. The van der Waals surface area contributed by atoms with E-state index in [-0.39, 0.29) is 11.7 Å². The average Bonchev–Trinajstić information content (AvgIpc) is 3.19. The van der Waals surface area contributed by atoms with Gasteiger partial charge >= 0.3 is 5.97 Å². The number of aromatic nitrogens is 4. The van der Waals surface area contributed by atoms with E-state index < -0.39 is 5.97 Å². The smallest absolute Gasteiger partial charge is 0.338 e. The second kappa shape index (κ2) is 10.9. The summed E-state index contributed by atoms with van der Waals surface area (Å²) in [5.74, 6) is 0.353. The highest BCUT2D eigenvalue weighted by atomic mass is 32.2. The van der Waals surface area contributed by atoms with E-state index in [0.717, 1.165) is 23.1 Å². The third kappa shape index (κ3) is 7.07. The number of nitrogens with zero attached hydrogens (tertiary/aromatic N) is 4. The van der Waals surface area contributed by atoms with Gasteiger partial charge in [0.05, 0.1) is 23.7 Å². The van der Waals surface area contributed by atoms with Gasteiger partial charge in [0.15, 0.2) is 5.16 Å². The molecule has 3 rings (SSSR count). The van der Waals surface area contributed by atoms with Gasteiger partial charge in [-0.15, -0.1) is 10.2 Å². The first-order chi connectivity index (χ1) is 14.9. The molecule has 9 nitrogen and oxygen atoms in total. The third-order valence-electron chi connectivity index (χ3n) is 3.74. The van der Waals surface area contributed by atoms with E-state index in [1.807, 2.05) is 19.9 Å². The quantitative estimate of drug-likeness (QED) is 0.288. The molecular formula is C20H21N5O4S2. The first kappa shape index (κ1) is 22.8. The number of esters is 1. The van der Waals surface area contributed by atoms with Crippen molar-refractivity contribution in [3.8, 4) is 0 Å². The lowest BCUT2D eigenvalue weighted by atomic mass is 10.2. The molecule has 0 radical (unpaired) electrons. The Kier molecular flexibility index (Phi) is 8.01. The van der Waals surface area contributed by atoms with Gasteiger partial charge in [0.1, 0.15) is 0 Å². The van der Waals surface area contributed by atoms with Crippen LogP contribution in [0.5, 0.6) is 0 Å². The molecule has 3 aromatic rings. The molecule has 31 heavy (non-hydrogen) atoms. The van der Waals surface area contributed by atoms with Crippen LogP contribution in [0.15, 0.2) is 45.1 Å². The second-order valence-corrected chi connectivity index (χ2v) is 8.19. The molecule has 162 valence electrons. The minimum atomic E-state index is -0.398. The minimum Gasteiger partial charge on any atom is -0.462 e. The van der Waals surface area contributed by atoms with Gasteiger partial charge in [-0.3, -0.25) is 4.79 Å². The highest BCUT2D eigenvalue weighted by molar-refractivity contribution is 7.99.